The third-order valence-corrected chi connectivity index (χ3v) is 3.32. The number of rotatable bonds is 7. The lowest BCUT2D eigenvalue weighted by Crippen LogP contribution is -2.25. The van der Waals surface area contributed by atoms with Crippen molar-refractivity contribution in [2.24, 2.45) is 5.92 Å². The second-order valence-corrected chi connectivity index (χ2v) is 5.73. The minimum Gasteiger partial charge on any atom is -0.508 e. The highest BCUT2D eigenvalue weighted by Gasteiger charge is 2.14. The molecule has 0 fully saturated rings. The third kappa shape index (κ3) is 5.51. The summed E-state index contributed by atoms with van der Waals surface area (Å²) in [7, 11) is 0. The first-order valence-corrected chi connectivity index (χ1v) is 7.18. The van der Waals surface area contributed by atoms with Crippen LogP contribution in [0.25, 0.3) is 0 Å². The molecule has 0 spiro atoms. The van der Waals surface area contributed by atoms with Gasteiger partial charge in [-0.25, -0.2) is 0 Å². The largest absolute Gasteiger partial charge is 0.508 e. The maximum atomic E-state index is 11.8. The molecule has 1 atom stereocenters. The lowest BCUT2D eigenvalue weighted by molar-refractivity contribution is -0.121. The number of hydrogen-bond acceptors (Lipinski definition) is 3. The molecule has 0 aromatic heterocycles. The van der Waals surface area contributed by atoms with Gasteiger partial charge in [0.05, 0.1) is 0 Å². The molecule has 112 valence electrons. The fourth-order valence-electron chi connectivity index (χ4n) is 2.15. The number of carbonyl (C=O) groups excluding carboxylic acids is 1. The van der Waals surface area contributed by atoms with E-state index in [4.69, 9.17) is 0 Å². The highest BCUT2D eigenvalue weighted by atomic mass is 16.3. The standard InChI is InChI=1S/C16H25NO3/c1-11(2)5-4-8-17-16(20)9-12(3)14-7-6-13(18)10-15(14)19/h6-7,10-12,18-19H,4-5,8-9H2,1-3H3,(H,17,20). The molecule has 3 N–H and O–H groups in total. The molecule has 0 saturated carbocycles. The molecular weight excluding hydrogens is 254 g/mol. The Labute approximate surface area is 120 Å². The van der Waals surface area contributed by atoms with Gasteiger partial charge < -0.3 is 15.5 Å². The number of phenols is 2. The first-order valence-electron chi connectivity index (χ1n) is 7.18. The van der Waals surface area contributed by atoms with Crippen molar-refractivity contribution in [3.8, 4) is 11.5 Å². The summed E-state index contributed by atoms with van der Waals surface area (Å²) < 4.78 is 0. The van der Waals surface area contributed by atoms with Crippen LogP contribution in [-0.4, -0.2) is 22.7 Å². The fourth-order valence-corrected chi connectivity index (χ4v) is 2.15. The third-order valence-electron chi connectivity index (χ3n) is 3.32. The van der Waals surface area contributed by atoms with Gasteiger partial charge >= 0.3 is 0 Å². The average molecular weight is 279 g/mol. The van der Waals surface area contributed by atoms with E-state index >= 15 is 0 Å². The Hall–Kier alpha value is -1.71. The molecule has 1 aromatic carbocycles. The van der Waals surface area contributed by atoms with Crippen LogP contribution in [0.1, 0.15) is 51.5 Å². The molecule has 0 aliphatic heterocycles. The van der Waals surface area contributed by atoms with Crippen molar-refractivity contribution in [3.63, 3.8) is 0 Å². The first kappa shape index (κ1) is 16.3. The number of benzene rings is 1. The predicted molar refractivity (Wildman–Crippen MR) is 79.9 cm³/mol. The van der Waals surface area contributed by atoms with E-state index in [0.717, 1.165) is 12.8 Å². The molecule has 0 saturated heterocycles. The van der Waals surface area contributed by atoms with Crippen LogP contribution in [0.4, 0.5) is 0 Å². The van der Waals surface area contributed by atoms with Crippen LogP contribution in [0, 0.1) is 5.92 Å². The van der Waals surface area contributed by atoms with Crippen LogP contribution < -0.4 is 5.32 Å². The lowest BCUT2D eigenvalue weighted by Gasteiger charge is -2.14. The van der Waals surface area contributed by atoms with Crippen LogP contribution in [0.5, 0.6) is 11.5 Å². The van der Waals surface area contributed by atoms with Gasteiger partial charge in [0.2, 0.25) is 5.91 Å². The van der Waals surface area contributed by atoms with Gasteiger partial charge in [-0.05, 0) is 36.3 Å². The van der Waals surface area contributed by atoms with Gasteiger partial charge in [0.15, 0.2) is 0 Å². The zero-order valence-corrected chi connectivity index (χ0v) is 12.5. The highest BCUT2D eigenvalue weighted by molar-refractivity contribution is 5.76. The molecule has 1 aromatic rings. The quantitative estimate of drug-likeness (QED) is 0.672. The van der Waals surface area contributed by atoms with E-state index in [0.29, 0.717) is 24.4 Å². The van der Waals surface area contributed by atoms with E-state index in [1.54, 1.807) is 6.07 Å². The van der Waals surface area contributed by atoms with Gasteiger partial charge in [-0.1, -0.05) is 26.8 Å². The van der Waals surface area contributed by atoms with Crippen molar-refractivity contribution >= 4 is 5.91 Å². The zero-order chi connectivity index (χ0) is 15.1. The van der Waals surface area contributed by atoms with Gasteiger partial charge in [0.1, 0.15) is 11.5 Å². The molecule has 1 amide bonds. The second-order valence-electron chi connectivity index (χ2n) is 5.73. The SMILES string of the molecule is CC(C)CCCNC(=O)CC(C)c1ccc(O)cc1O. The van der Waals surface area contributed by atoms with Crippen LogP contribution >= 0.6 is 0 Å². The topological polar surface area (TPSA) is 69.6 Å². The Kier molecular flexibility index (Phi) is 6.36. The highest BCUT2D eigenvalue weighted by Crippen LogP contribution is 2.30. The second kappa shape index (κ2) is 7.78. The van der Waals surface area contributed by atoms with Crippen molar-refractivity contribution in [1.82, 2.24) is 5.32 Å². The molecule has 1 rings (SSSR count). The van der Waals surface area contributed by atoms with Crippen molar-refractivity contribution in [2.45, 2.75) is 46.0 Å². The van der Waals surface area contributed by atoms with Gasteiger partial charge in [0, 0.05) is 19.0 Å². The summed E-state index contributed by atoms with van der Waals surface area (Å²) in [5.41, 5.74) is 0.681. The van der Waals surface area contributed by atoms with Crippen molar-refractivity contribution in [3.05, 3.63) is 23.8 Å². The number of amides is 1. The zero-order valence-electron chi connectivity index (χ0n) is 12.5. The molecule has 1 unspecified atom stereocenters. The Morgan fingerprint density at radius 1 is 1.25 bits per heavy atom. The van der Waals surface area contributed by atoms with E-state index in [1.165, 1.54) is 12.1 Å². The van der Waals surface area contributed by atoms with Gasteiger partial charge in [-0.3, -0.25) is 4.79 Å². The van der Waals surface area contributed by atoms with Crippen molar-refractivity contribution in [2.75, 3.05) is 6.54 Å². The van der Waals surface area contributed by atoms with E-state index in [1.807, 2.05) is 6.92 Å². The monoisotopic (exact) mass is 279 g/mol. The van der Waals surface area contributed by atoms with Crippen LogP contribution in [0.15, 0.2) is 18.2 Å². The summed E-state index contributed by atoms with van der Waals surface area (Å²) in [6, 6.07) is 4.47. The Morgan fingerprint density at radius 2 is 1.95 bits per heavy atom. The Balaban J connectivity index is 2.41. The molecule has 20 heavy (non-hydrogen) atoms. The van der Waals surface area contributed by atoms with Crippen LogP contribution in [0.2, 0.25) is 0 Å². The smallest absolute Gasteiger partial charge is 0.220 e. The van der Waals surface area contributed by atoms with Crippen LogP contribution in [0.3, 0.4) is 0 Å². The number of hydrogen-bond donors (Lipinski definition) is 3. The number of aromatic hydroxyl groups is 2. The van der Waals surface area contributed by atoms with Crippen molar-refractivity contribution in [1.29, 1.82) is 0 Å². The van der Waals surface area contributed by atoms with E-state index in [9.17, 15) is 15.0 Å². The fraction of sp³-hybridized carbons (Fsp3) is 0.562. The maximum Gasteiger partial charge on any atom is 0.220 e. The minimum atomic E-state index is -0.0827. The summed E-state index contributed by atoms with van der Waals surface area (Å²) in [6.07, 6.45) is 2.43. The van der Waals surface area contributed by atoms with Gasteiger partial charge in [0.25, 0.3) is 0 Å². The number of phenolic OH excluding ortho intramolecular Hbond substituents is 2. The maximum absolute atomic E-state index is 11.8. The molecule has 4 heteroatoms. The van der Waals surface area contributed by atoms with Crippen LogP contribution in [-0.2, 0) is 4.79 Å². The summed E-state index contributed by atoms with van der Waals surface area (Å²) in [5, 5.41) is 21.9. The molecule has 0 bridgehead atoms. The minimum absolute atomic E-state index is 0.00580. The molecule has 0 radical (unpaired) electrons. The number of nitrogens with one attached hydrogen (secondary N) is 1. The lowest BCUT2D eigenvalue weighted by atomic mass is 9.96. The normalized spacial score (nSPS) is 12.4. The molecule has 0 aliphatic carbocycles. The molecule has 0 aliphatic rings. The molecule has 0 heterocycles. The Bertz CT molecular complexity index is 443. The van der Waals surface area contributed by atoms with E-state index in [2.05, 4.69) is 19.2 Å². The van der Waals surface area contributed by atoms with E-state index < -0.39 is 0 Å². The summed E-state index contributed by atoms with van der Waals surface area (Å²) in [6.45, 7) is 6.92. The summed E-state index contributed by atoms with van der Waals surface area (Å²) >= 11 is 0. The molecule has 4 nitrogen and oxygen atoms in total. The predicted octanol–water partition coefficient (Wildman–Crippen LogP) is 3.14. The first-order chi connectivity index (χ1) is 9.40. The van der Waals surface area contributed by atoms with Gasteiger partial charge in [-0.15, -0.1) is 0 Å². The summed E-state index contributed by atoms with van der Waals surface area (Å²) in [5.74, 6) is 0.621. The van der Waals surface area contributed by atoms with Crippen molar-refractivity contribution < 1.29 is 15.0 Å². The average Bonchev–Trinajstić information content (AvgIpc) is 2.34. The Morgan fingerprint density at radius 3 is 2.55 bits per heavy atom. The summed E-state index contributed by atoms with van der Waals surface area (Å²) in [4.78, 5) is 11.8. The van der Waals surface area contributed by atoms with Gasteiger partial charge in [-0.2, -0.15) is 0 Å². The molecular formula is C16H25NO3. The van der Waals surface area contributed by atoms with E-state index in [-0.39, 0.29) is 23.3 Å². The number of carbonyl (C=O) groups is 1.